The van der Waals surface area contributed by atoms with E-state index in [-0.39, 0.29) is 11.8 Å². The molecule has 0 aliphatic heterocycles. The van der Waals surface area contributed by atoms with E-state index < -0.39 is 12.0 Å². The molecular formula is C17H26N2O3. The Morgan fingerprint density at radius 1 is 1.18 bits per heavy atom. The number of carbonyl (C=O) groups excluding carboxylic acids is 2. The second-order valence-corrected chi connectivity index (χ2v) is 6.03. The summed E-state index contributed by atoms with van der Waals surface area (Å²) in [7, 11) is 3.82. The van der Waals surface area contributed by atoms with Crippen molar-refractivity contribution in [2.45, 2.75) is 26.8 Å². The first-order chi connectivity index (χ1) is 10.3. The third-order valence-corrected chi connectivity index (χ3v) is 3.30. The van der Waals surface area contributed by atoms with Gasteiger partial charge in [0.25, 0.3) is 5.91 Å². The van der Waals surface area contributed by atoms with Crippen molar-refractivity contribution in [2.75, 3.05) is 27.2 Å². The van der Waals surface area contributed by atoms with Gasteiger partial charge in [0.2, 0.25) is 0 Å². The monoisotopic (exact) mass is 306 g/mol. The lowest BCUT2D eigenvalue weighted by atomic mass is 10.0. The molecular weight excluding hydrogens is 280 g/mol. The van der Waals surface area contributed by atoms with Crippen LogP contribution in [0.15, 0.2) is 24.3 Å². The molecule has 1 aromatic carbocycles. The Hall–Kier alpha value is -1.88. The number of rotatable bonds is 7. The fourth-order valence-electron chi connectivity index (χ4n) is 1.85. The van der Waals surface area contributed by atoms with E-state index in [1.54, 1.807) is 12.1 Å². The zero-order chi connectivity index (χ0) is 16.7. The van der Waals surface area contributed by atoms with Gasteiger partial charge in [-0.25, -0.2) is 4.79 Å². The SMILES string of the molecule is Cc1ccc(C(=O)N[C@@H](C(=O)OCCN(C)C)C(C)C)cc1. The predicted octanol–water partition coefficient (Wildman–Crippen LogP) is 1.85. The molecule has 122 valence electrons. The van der Waals surface area contributed by atoms with E-state index >= 15 is 0 Å². The van der Waals surface area contributed by atoms with Gasteiger partial charge >= 0.3 is 5.97 Å². The summed E-state index contributed by atoms with van der Waals surface area (Å²) in [5.74, 6) is -0.693. The zero-order valence-electron chi connectivity index (χ0n) is 14.1. The van der Waals surface area contributed by atoms with Crippen LogP contribution in [0.25, 0.3) is 0 Å². The molecule has 0 unspecified atom stereocenters. The Balaban J connectivity index is 2.65. The van der Waals surface area contributed by atoms with Crippen LogP contribution in [-0.4, -0.2) is 50.1 Å². The van der Waals surface area contributed by atoms with Crippen molar-refractivity contribution in [3.63, 3.8) is 0 Å². The lowest BCUT2D eigenvalue weighted by Gasteiger charge is -2.21. The maximum absolute atomic E-state index is 12.2. The summed E-state index contributed by atoms with van der Waals surface area (Å²) < 4.78 is 5.24. The standard InChI is InChI=1S/C17H26N2O3/c1-12(2)15(17(21)22-11-10-19(4)5)18-16(20)14-8-6-13(3)7-9-14/h6-9,12,15H,10-11H2,1-5H3,(H,18,20)/t15-/m1/s1. The topological polar surface area (TPSA) is 58.6 Å². The van der Waals surface area contributed by atoms with Crippen molar-refractivity contribution in [3.05, 3.63) is 35.4 Å². The smallest absolute Gasteiger partial charge is 0.328 e. The summed E-state index contributed by atoms with van der Waals surface area (Å²) in [4.78, 5) is 26.3. The molecule has 1 atom stereocenters. The summed E-state index contributed by atoms with van der Waals surface area (Å²) in [5, 5.41) is 2.76. The van der Waals surface area contributed by atoms with Crippen LogP contribution in [0, 0.1) is 12.8 Å². The van der Waals surface area contributed by atoms with Gasteiger partial charge in [0.05, 0.1) is 0 Å². The Morgan fingerprint density at radius 3 is 2.27 bits per heavy atom. The minimum Gasteiger partial charge on any atom is -0.463 e. The van der Waals surface area contributed by atoms with Crippen LogP contribution in [0.5, 0.6) is 0 Å². The molecule has 0 aliphatic carbocycles. The van der Waals surface area contributed by atoms with Crippen LogP contribution < -0.4 is 5.32 Å². The van der Waals surface area contributed by atoms with E-state index in [0.29, 0.717) is 18.7 Å². The van der Waals surface area contributed by atoms with Gasteiger partial charge in [-0.15, -0.1) is 0 Å². The Kier molecular flexibility index (Phi) is 7.05. The van der Waals surface area contributed by atoms with Crippen LogP contribution in [0.4, 0.5) is 0 Å². The highest BCUT2D eigenvalue weighted by Gasteiger charge is 2.26. The van der Waals surface area contributed by atoms with E-state index in [4.69, 9.17) is 4.74 Å². The molecule has 1 aromatic rings. The van der Waals surface area contributed by atoms with Gasteiger partial charge in [0.15, 0.2) is 0 Å². The van der Waals surface area contributed by atoms with Crippen LogP contribution in [-0.2, 0) is 9.53 Å². The minimum absolute atomic E-state index is 0.0405. The Labute approximate surface area is 132 Å². The fraction of sp³-hybridized carbons (Fsp3) is 0.529. The van der Waals surface area contributed by atoms with Gasteiger partial charge in [0.1, 0.15) is 12.6 Å². The van der Waals surface area contributed by atoms with Crippen molar-refractivity contribution >= 4 is 11.9 Å². The zero-order valence-corrected chi connectivity index (χ0v) is 14.1. The summed E-state index contributed by atoms with van der Waals surface area (Å²) in [6.45, 7) is 6.69. The maximum atomic E-state index is 12.2. The normalized spacial score (nSPS) is 12.3. The lowest BCUT2D eigenvalue weighted by Crippen LogP contribution is -2.45. The average molecular weight is 306 g/mol. The van der Waals surface area contributed by atoms with Crippen LogP contribution in [0.3, 0.4) is 0 Å². The van der Waals surface area contributed by atoms with Crippen molar-refractivity contribution in [1.82, 2.24) is 10.2 Å². The van der Waals surface area contributed by atoms with Gasteiger partial charge < -0.3 is 15.0 Å². The van der Waals surface area contributed by atoms with Crippen LogP contribution in [0.1, 0.15) is 29.8 Å². The molecule has 0 fully saturated rings. The number of hydrogen-bond donors (Lipinski definition) is 1. The van der Waals surface area contributed by atoms with Crippen molar-refractivity contribution in [3.8, 4) is 0 Å². The summed E-state index contributed by atoms with van der Waals surface area (Å²) in [5.41, 5.74) is 1.62. The summed E-state index contributed by atoms with van der Waals surface area (Å²) in [6, 6.07) is 6.60. The van der Waals surface area contributed by atoms with Gasteiger partial charge in [-0.3, -0.25) is 4.79 Å². The molecule has 0 aliphatic rings. The number of esters is 1. The quantitative estimate of drug-likeness (QED) is 0.781. The molecule has 0 heterocycles. The number of ether oxygens (including phenoxy) is 1. The third kappa shape index (κ3) is 5.85. The molecule has 5 heteroatoms. The number of benzene rings is 1. The Morgan fingerprint density at radius 2 is 1.77 bits per heavy atom. The molecule has 0 spiro atoms. The number of nitrogens with zero attached hydrogens (tertiary/aromatic N) is 1. The lowest BCUT2D eigenvalue weighted by molar-refractivity contribution is -0.147. The highest BCUT2D eigenvalue weighted by atomic mass is 16.5. The number of carbonyl (C=O) groups is 2. The van der Waals surface area contributed by atoms with Gasteiger partial charge in [-0.05, 0) is 39.1 Å². The van der Waals surface area contributed by atoms with E-state index in [1.165, 1.54) is 0 Å². The molecule has 1 N–H and O–H groups in total. The van der Waals surface area contributed by atoms with E-state index in [1.807, 2.05) is 51.9 Å². The van der Waals surface area contributed by atoms with E-state index in [2.05, 4.69) is 5.32 Å². The summed E-state index contributed by atoms with van der Waals surface area (Å²) >= 11 is 0. The van der Waals surface area contributed by atoms with E-state index in [0.717, 1.165) is 5.56 Å². The van der Waals surface area contributed by atoms with Crippen molar-refractivity contribution in [2.24, 2.45) is 5.92 Å². The predicted molar refractivity (Wildman–Crippen MR) is 86.8 cm³/mol. The fourth-order valence-corrected chi connectivity index (χ4v) is 1.85. The molecule has 5 nitrogen and oxygen atoms in total. The highest BCUT2D eigenvalue weighted by Crippen LogP contribution is 2.08. The maximum Gasteiger partial charge on any atom is 0.328 e. The number of nitrogens with one attached hydrogen (secondary N) is 1. The molecule has 0 radical (unpaired) electrons. The van der Waals surface area contributed by atoms with Crippen molar-refractivity contribution < 1.29 is 14.3 Å². The largest absolute Gasteiger partial charge is 0.463 e. The van der Waals surface area contributed by atoms with Crippen LogP contribution >= 0.6 is 0 Å². The molecule has 0 saturated heterocycles. The average Bonchev–Trinajstić information content (AvgIpc) is 2.44. The number of likely N-dealkylation sites (N-methyl/N-ethyl adjacent to an activating group) is 1. The summed E-state index contributed by atoms with van der Waals surface area (Å²) in [6.07, 6.45) is 0. The molecule has 0 bridgehead atoms. The molecule has 1 rings (SSSR count). The number of hydrogen-bond acceptors (Lipinski definition) is 4. The minimum atomic E-state index is -0.643. The highest BCUT2D eigenvalue weighted by molar-refractivity contribution is 5.96. The van der Waals surface area contributed by atoms with Crippen LogP contribution in [0.2, 0.25) is 0 Å². The number of aryl methyl sites for hydroxylation is 1. The molecule has 0 saturated carbocycles. The molecule has 0 aromatic heterocycles. The van der Waals surface area contributed by atoms with Gasteiger partial charge in [-0.2, -0.15) is 0 Å². The van der Waals surface area contributed by atoms with Gasteiger partial charge in [0, 0.05) is 12.1 Å². The number of amides is 1. The molecule has 22 heavy (non-hydrogen) atoms. The Bertz CT molecular complexity index is 495. The molecule has 1 amide bonds. The first-order valence-corrected chi connectivity index (χ1v) is 7.50. The second kappa shape index (κ2) is 8.54. The third-order valence-electron chi connectivity index (χ3n) is 3.30. The second-order valence-electron chi connectivity index (χ2n) is 6.03. The van der Waals surface area contributed by atoms with Crippen molar-refractivity contribution in [1.29, 1.82) is 0 Å². The van der Waals surface area contributed by atoms with E-state index in [9.17, 15) is 9.59 Å². The first kappa shape index (κ1) is 18.2. The van der Waals surface area contributed by atoms with Gasteiger partial charge in [-0.1, -0.05) is 31.5 Å². The first-order valence-electron chi connectivity index (χ1n) is 7.50.